The topological polar surface area (TPSA) is 54.2 Å². The first kappa shape index (κ1) is 12.9. The predicted octanol–water partition coefficient (Wildman–Crippen LogP) is 2.29. The zero-order valence-corrected chi connectivity index (χ0v) is 12.4. The van der Waals surface area contributed by atoms with Gasteiger partial charge in [0.25, 0.3) is 0 Å². The Labute approximate surface area is 120 Å². The summed E-state index contributed by atoms with van der Waals surface area (Å²) >= 11 is 3.43. The summed E-state index contributed by atoms with van der Waals surface area (Å²) in [5.41, 5.74) is 0.866. The molecule has 1 aliphatic heterocycles. The normalized spacial score (nSPS) is 19.7. The summed E-state index contributed by atoms with van der Waals surface area (Å²) in [7, 11) is 0. The lowest BCUT2D eigenvalue weighted by Gasteiger charge is -2.22. The van der Waals surface area contributed by atoms with Crippen LogP contribution in [-0.4, -0.2) is 34.2 Å². The van der Waals surface area contributed by atoms with Gasteiger partial charge in [0.2, 0.25) is 5.95 Å². The molecular formula is C13H18BrN5. The number of halogens is 1. The number of rotatable bonds is 4. The third-order valence-electron chi connectivity index (χ3n) is 3.53. The average Bonchev–Trinajstić information content (AvgIpc) is 2.82. The summed E-state index contributed by atoms with van der Waals surface area (Å²) in [5, 5.41) is 11.2. The van der Waals surface area contributed by atoms with E-state index in [1.54, 1.807) is 4.52 Å². The molecule has 3 heterocycles. The lowest BCUT2D eigenvalue weighted by atomic mass is 9.96. The van der Waals surface area contributed by atoms with Crippen molar-refractivity contribution in [1.29, 1.82) is 0 Å². The number of aromatic nitrogens is 3. The van der Waals surface area contributed by atoms with E-state index in [-0.39, 0.29) is 0 Å². The maximum Gasteiger partial charge on any atom is 0.243 e. The number of fused-ring (bicyclic) bond motifs is 1. The predicted molar refractivity (Wildman–Crippen MR) is 79.4 cm³/mol. The standard InChI is InChI=1S/C13H18BrN5/c14-11-3-4-12-17-13(18-19(12)9-11)16-7-5-10-2-1-6-15-8-10/h3-4,9-10,15H,1-2,5-8H2,(H,16,18). The van der Waals surface area contributed by atoms with Gasteiger partial charge in [0.1, 0.15) is 0 Å². The van der Waals surface area contributed by atoms with Gasteiger partial charge in [0.05, 0.1) is 0 Å². The van der Waals surface area contributed by atoms with Crippen LogP contribution < -0.4 is 10.6 Å². The minimum atomic E-state index is 0.710. The molecule has 0 aromatic carbocycles. The van der Waals surface area contributed by atoms with Crippen molar-refractivity contribution >= 4 is 27.5 Å². The molecule has 2 N–H and O–H groups in total. The van der Waals surface area contributed by atoms with E-state index in [0.29, 0.717) is 5.95 Å². The quantitative estimate of drug-likeness (QED) is 0.906. The maximum atomic E-state index is 4.44. The van der Waals surface area contributed by atoms with Crippen molar-refractivity contribution in [2.75, 3.05) is 25.0 Å². The molecule has 2 aromatic rings. The molecule has 0 bridgehead atoms. The summed E-state index contributed by atoms with van der Waals surface area (Å²) in [6, 6.07) is 3.93. The maximum absolute atomic E-state index is 4.44. The van der Waals surface area contributed by atoms with Gasteiger partial charge in [-0.2, -0.15) is 4.98 Å². The number of pyridine rings is 1. The number of hydrogen-bond acceptors (Lipinski definition) is 4. The van der Waals surface area contributed by atoms with E-state index in [2.05, 4.69) is 36.6 Å². The van der Waals surface area contributed by atoms with Gasteiger partial charge in [-0.15, -0.1) is 5.10 Å². The number of piperidine rings is 1. The van der Waals surface area contributed by atoms with Gasteiger partial charge in [-0.05, 0) is 66.3 Å². The van der Waals surface area contributed by atoms with Crippen LogP contribution in [0.15, 0.2) is 22.8 Å². The van der Waals surface area contributed by atoms with Crippen LogP contribution in [0.4, 0.5) is 5.95 Å². The van der Waals surface area contributed by atoms with Gasteiger partial charge in [0.15, 0.2) is 5.65 Å². The SMILES string of the molecule is Brc1ccc2nc(NCCC3CCCNC3)nn2c1. The summed E-state index contributed by atoms with van der Waals surface area (Å²) in [4.78, 5) is 4.44. The molecule has 1 atom stereocenters. The molecule has 0 spiro atoms. The first-order valence-corrected chi connectivity index (χ1v) is 7.57. The van der Waals surface area contributed by atoms with E-state index in [1.165, 1.54) is 25.8 Å². The minimum absolute atomic E-state index is 0.710. The van der Waals surface area contributed by atoms with Gasteiger partial charge in [-0.1, -0.05) is 0 Å². The Morgan fingerprint density at radius 3 is 3.26 bits per heavy atom. The Morgan fingerprint density at radius 2 is 2.42 bits per heavy atom. The van der Waals surface area contributed by atoms with E-state index >= 15 is 0 Å². The number of hydrogen-bond donors (Lipinski definition) is 2. The fourth-order valence-corrected chi connectivity index (χ4v) is 2.82. The Kier molecular flexibility index (Phi) is 3.98. The van der Waals surface area contributed by atoms with E-state index < -0.39 is 0 Å². The second kappa shape index (κ2) is 5.88. The van der Waals surface area contributed by atoms with Crippen molar-refractivity contribution in [3.8, 4) is 0 Å². The monoisotopic (exact) mass is 323 g/mol. The fourth-order valence-electron chi connectivity index (χ4n) is 2.49. The minimum Gasteiger partial charge on any atom is -0.353 e. The van der Waals surface area contributed by atoms with Crippen LogP contribution in [0.25, 0.3) is 5.65 Å². The van der Waals surface area contributed by atoms with Gasteiger partial charge < -0.3 is 10.6 Å². The molecule has 3 rings (SSSR count). The van der Waals surface area contributed by atoms with Crippen LogP contribution in [0.3, 0.4) is 0 Å². The lowest BCUT2D eigenvalue weighted by molar-refractivity contribution is 0.364. The van der Waals surface area contributed by atoms with Crippen LogP contribution >= 0.6 is 15.9 Å². The first-order chi connectivity index (χ1) is 9.31. The van der Waals surface area contributed by atoms with Crippen LogP contribution in [0.5, 0.6) is 0 Å². The van der Waals surface area contributed by atoms with Gasteiger partial charge >= 0.3 is 0 Å². The lowest BCUT2D eigenvalue weighted by Crippen LogP contribution is -2.30. The highest BCUT2D eigenvalue weighted by atomic mass is 79.9. The highest BCUT2D eigenvalue weighted by Crippen LogP contribution is 2.15. The summed E-state index contributed by atoms with van der Waals surface area (Å²) < 4.78 is 2.79. The molecule has 1 aliphatic rings. The highest BCUT2D eigenvalue weighted by Gasteiger charge is 2.12. The molecule has 0 amide bonds. The Hall–Kier alpha value is -1.14. The van der Waals surface area contributed by atoms with E-state index in [1.807, 2.05) is 18.3 Å². The zero-order valence-electron chi connectivity index (χ0n) is 10.8. The molecule has 0 radical (unpaired) electrons. The van der Waals surface area contributed by atoms with Crippen molar-refractivity contribution in [3.63, 3.8) is 0 Å². The summed E-state index contributed by atoms with van der Waals surface area (Å²) in [5.74, 6) is 1.49. The second-order valence-electron chi connectivity index (χ2n) is 5.01. The third kappa shape index (κ3) is 3.25. The van der Waals surface area contributed by atoms with Crippen molar-refractivity contribution in [3.05, 3.63) is 22.8 Å². The fraction of sp³-hybridized carbons (Fsp3) is 0.538. The van der Waals surface area contributed by atoms with Gasteiger partial charge in [-0.3, -0.25) is 0 Å². The molecule has 1 saturated heterocycles. The Bertz CT molecular complexity index is 547. The molecule has 1 fully saturated rings. The van der Waals surface area contributed by atoms with Crippen molar-refractivity contribution in [2.24, 2.45) is 5.92 Å². The molecule has 1 unspecified atom stereocenters. The van der Waals surface area contributed by atoms with Crippen LogP contribution in [0.2, 0.25) is 0 Å². The van der Waals surface area contributed by atoms with E-state index in [9.17, 15) is 0 Å². The highest BCUT2D eigenvalue weighted by molar-refractivity contribution is 9.10. The smallest absolute Gasteiger partial charge is 0.243 e. The molecule has 6 heteroatoms. The largest absolute Gasteiger partial charge is 0.353 e. The zero-order chi connectivity index (χ0) is 13.1. The number of nitrogens with zero attached hydrogens (tertiary/aromatic N) is 3. The average molecular weight is 324 g/mol. The van der Waals surface area contributed by atoms with E-state index in [4.69, 9.17) is 0 Å². The van der Waals surface area contributed by atoms with Gasteiger partial charge in [0, 0.05) is 17.2 Å². The summed E-state index contributed by atoms with van der Waals surface area (Å²) in [6.07, 6.45) is 5.72. The van der Waals surface area contributed by atoms with Crippen molar-refractivity contribution in [1.82, 2.24) is 19.9 Å². The Balaban J connectivity index is 1.56. The molecule has 19 heavy (non-hydrogen) atoms. The van der Waals surface area contributed by atoms with Crippen LogP contribution in [-0.2, 0) is 0 Å². The van der Waals surface area contributed by atoms with E-state index in [0.717, 1.165) is 29.1 Å². The molecule has 2 aromatic heterocycles. The summed E-state index contributed by atoms with van der Waals surface area (Å²) in [6.45, 7) is 3.25. The second-order valence-corrected chi connectivity index (χ2v) is 5.93. The molecular weight excluding hydrogens is 306 g/mol. The first-order valence-electron chi connectivity index (χ1n) is 6.78. The molecule has 102 valence electrons. The van der Waals surface area contributed by atoms with Crippen molar-refractivity contribution in [2.45, 2.75) is 19.3 Å². The third-order valence-corrected chi connectivity index (χ3v) is 4.00. The van der Waals surface area contributed by atoms with Gasteiger partial charge in [-0.25, -0.2) is 4.52 Å². The molecule has 0 aliphatic carbocycles. The van der Waals surface area contributed by atoms with Crippen LogP contribution in [0, 0.1) is 5.92 Å². The van der Waals surface area contributed by atoms with Crippen molar-refractivity contribution < 1.29 is 0 Å². The number of nitrogens with one attached hydrogen (secondary N) is 2. The Morgan fingerprint density at radius 1 is 1.47 bits per heavy atom. The number of anilines is 1. The molecule has 5 nitrogen and oxygen atoms in total. The van der Waals surface area contributed by atoms with Crippen LogP contribution in [0.1, 0.15) is 19.3 Å². The molecule has 0 saturated carbocycles.